The number of hydrogen-bond donors (Lipinski definition) is 1. The zero-order valence-electron chi connectivity index (χ0n) is 11.3. The van der Waals surface area contributed by atoms with Crippen molar-refractivity contribution < 1.29 is 0 Å². The number of nitrogens with two attached hydrogens (primary N) is 1. The lowest BCUT2D eigenvalue weighted by atomic mass is 10.1. The Hall–Kier alpha value is -2.39. The summed E-state index contributed by atoms with van der Waals surface area (Å²) >= 11 is 3.50. The number of fused-ring (bicyclic) bond motifs is 1. The largest absolute Gasteiger partial charge is 0.383 e. The van der Waals surface area contributed by atoms with Crippen LogP contribution in [0.15, 0.2) is 41.3 Å². The molecule has 1 unspecified atom stereocenters. The molecule has 21 heavy (non-hydrogen) atoms. The van der Waals surface area contributed by atoms with Crippen LogP contribution in [0.2, 0.25) is 0 Å². The van der Waals surface area contributed by atoms with Crippen LogP contribution in [0.25, 0.3) is 11.0 Å². The molecule has 2 N–H and O–H groups in total. The van der Waals surface area contributed by atoms with E-state index in [9.17, 15) is 5.26 Å². The molecule has 1 aromatic carbocycles. The van der Waals surface area contributed by atoms with Gasteiger partial charge in [0.1, 0.15) is 28.5 Å². The quantitative estimate of drug-likeness (QED) is 0.775. The molecule has 0 amide bonds. The molecule has 6 heteroatoms. The molecule has 0 radical (unpaired) electrons. The third-order valence-electron chi connectivity index (χ3n) is 3.53. The van der Waals surface area contributed by atoms with Crippen LogP contribution in [0.3, 0.4) is 0 Å². The molecule has 1 atom stereocenters. The number of nitrogen functional groups attached to an aromatic ring is 1. The van der Waals surface area contributed by atoms with Crippen molar-refractivity contribution in [2.45, 2.75) is 13.0 Å². The van der Waals surface area contributed by atoms with E-state index in [4.69, 9.17) is 5.73 Å². The number of anilines is 1. The molecule has 2 heterocycles. The van der Waals surface area contributed by atoms with Crippen molar-refractivity contribution >= 4 is 32.8 Å². The lowest BCUT2D eigenvalue weighted by molar-refractivity contribution is 0.645. The number of nitriles is 1. The van der Waals surface area contributed by atoms with Crippen LogP contribution in [0.5, 0.6) is 0 Å². The lowest BCUT2D eigenvalue weighted by Gasteiger charge is -2.16. The molecule has 0 bridgehead atoms. The van der Waals surface area contributed by atoms with E-state index < -0.39 is 0 Å². The first-order valence-corrected chi connectivity index (χ1v) is 7.19. The van der Waals surface area contributed by atoms with Gasteiger partial charge in [-0.1, -0.05) is 30.3 Å². The van der Waals surface area contributed by atoms with Gasteiger partial charge in [-0.25, -0.2) is 9.97 Å². The summed E-state index contributed by atoms with van der Waals surface area (Å²) in [6, 6.07) is 12.2. The second-order valence-corrected chi connectivity index (χ2v) is 5.44. The van der Waals surface area contributed by atoms with E-state index in [1.165, 1.54) is 6.33 Å². The molecule has 0 fully saturated rings. The predicted octanol–water partition coefficient (Wildman–Crippen LogP) is 3.26. The van der Waals surface area contributed by atoms with Crippen LogP contribution in [-0.4, -0.2) is 14.5 Å². The van der Waals surface area contributed by atoms with E-state index >= 15 is 0 Å². The summed E-state index contributed by atoms with van der Waals surface area (Å²) in [4.78, 5) is 8.29. The third kappa shape index (κ3) is 2.06. The van der Waals surface area contributed by atoms with E-state index in [2.05, 4.69) is 38.9 Å². The standard InChI is InChI=1S/C15H12BrN5/c1-9(10-5-3-2-4-6-10)21-13(16)11(7-17)12-14(18)19-8-20-15(12)21/h2-6,8-9H,1H3,(H2,18,19,20). The van der Waals surface area contributed by atoms with Gasteiger partial charge >= 0.3 is 0 Å². The van der Waals surface area contributed by atoms with Gasteiger partial charge in [-0.2, -0.15) is 5.26 Å². The average molecular weight is 342 g/mol. The molecular weight excluding hydrogens is 330 g/mol. The summed E-state index contributed by atoms with van der Waals surface area (Å²) in [6.07, 6.45) is 1.42. The lowest BCUT2D eigenvalue weighted by Crippen LogP contribution is -2.08. The maximum Gasteiger partial charge on any atom is 0.148 e. The van der Waals surface area contributed by atoms with Gasteiger partial charge in [0.25, 0.3) is 0 Å². The fourth-order valence-electron chi connectivity index (χ4n) is 2.46. The fraction of sp³-hybridized carbons (Fsp3) is 0.133. The first-order chi connectivity index (χ1) is 10.1. The Morgan fingerprint density at radius 3 is 2.67 bits per heavy atom. The maximum atomic E-state index is 9.40. The summed E-state index contributed by atoms with van der Waals surface area (Å²) in [5.74, 6) is 0.316. The second-order valence-electron chi connectivity index (χ2n) is 4.69. The SMILES string of the molecule is CC(c1ccccc1)n1c(Br)c(C#N)c2c(N)ncnc21. The minimum atomic E-state index is 0.0134. The van der Waals surface area contributed by atoms with Gasteiger partial charge in [0.15, 0.2) is 0 Å². The topological polar surface area (TPSA) is 80.5 Å². The van der Waals surface area contributed by atoms with Crippen LogP contribution >= 0.6 is 15.9 Å². The molecule has 0 saturated heterocycles. The Morgan fingerprint density at radius 1 is 1.29 bits per heavy atom. The Morgan fingerprint density at radius 2 is 2.00 bits per heavy atom. The summed E-state index contributed by atoms with van der Waals surface area (Å²) < 4.78 is 2.63. The number of nitrogens with zero attached hydrogens (tertiary/aromatic N) is 4. The number of hydrogen-bond acceptors (Lipinski definition) is 4. The average Bonchev–Trinajstić information content (AvgIpc) is 2.80. The van der Waals surface area contributed by atoms with Crippen LogP contribution in [-0.2, 0) is 0 Å². The molecule has 0 aliphatic heterocycles. The number of halogens is 1. The Labute approximate surface area is 130 Å². The first-order valence-electron chi connectivity index (χ1n) is 6.40. The number of aromatic nitrogens is 3. The van der Waals surface area contributed by atoms with Crippen molar-refractivity contribution in [1.82, 2.24) is 14.5 Å². The number of rotatable bonds is 2. The molecular formula is C15H12BrN5. The highest BCUT2D eigenvalue weighted by atomic mass is 79.9. The smallest absolute Gasteiger partial charge is 0.148 e. The highest BCUT2D eigenvalue weighted by Crippen LogP contribution is 2.35. The molecule has 0 aliphatic carbocycles. The first kappa shape index (κ1) is 13.6. The summed E-state index contributed by atoms with van der Waals surface area (Å²) in [5.41, 5.74) is 8.16. The van der Waals surface area contributed by atoms with Gasteiger partial charge in [-0.15, -0.1) is 0 Å². The van der Waals surface area contributed by atoms with Crippen molar-refractivity contribution in [2.24, 2.45) is 0 Å². The van der Waals surface area contributed by atoms with Crippen molar-refractivity contribution in [1.29, 1.82) is 5.26 Å². The molecule has 104 valence electrons. The molecule has 0 saturated carbocycles. The van der Waals surface area contributed by atoms with Gasteiger partial charge < -0.3 is 10.3 Å². The van der Waals surface area contributed by atoms with E-state index in [1.54, 1.807) is 0 Å². The highest BCUT2D eigenvalue weighted by Gasteiger charge is 2.22. The van der Waals surface area contributed by atoms with Crippen LogP contribution in [0.1, 0.15) is 24.1 Å². The third-order valence-corrected chi connectivity index (χ3v) is 4.31. The minimum Gasteiger partial charge on any atom is -0.383 e. The van der Waals surface area contributed by atoms with E-state index in [-0.39, 0.29) is 6.04 Å². The monoisotopic (exact) mass is 341 g/mol. The molecule has 0 aliphatic rings. The van der Waals surface area contributed by atoms with Crippen molar-refractivity contribution in [3.63, 3.8) is 0 Å². The van der Waals surface area contributed by atoms with Gasteiger partial charge in [-0.05, 0) is 28.4 Å². The van der Waals surface area contributed by atoms with Gasteiger partial charge in [0.05, 0.1) is 17.0 Å². The normalized spacial score (nSPS) is 12.2. The van der Waals surface area contributed by atoms with Crippen LogP contribution in [0.4, 0.5) is 5.82 Å². The Balaban J connectivity index is 2.32. The molecule has 0 spiro atoms. The zero-order chi connectivity index (χ0) is 15.0. The van der Waals surface area contributed by atoms with Gasteiger partial charge in [0, 0.05) is 0 Å². The Kier molecular flexibility index (Phi) is 3.35. The second kappa shape index (κ2) is 5.19. The predicted molar refractivity (Wildman–Crippen MR) is 84.6 cm³/mol. The van der Waals surface area contributed by atoms with Crippen molar-refractivity contribution in [3.05, 3.63) is 52.4 Å². The van der Waals surface area contributed by atoms with Crippen molar-refractivity contribution in [2.75, 3.05) is 5.73 Å². The molecule has 3 aromatic rings. The van der Waals surface area contributed by atoms with Crippen LogP contribution < -0.4 is 5.73 Å². The van der Waals surface area contributed by atoms with Gasteiger partial charge in [0.2, 0.25) is 0 Å². The molecule has 3 rings (SSSR count). The van der Waals surface area contributed by atoms with E-state index in [0.717, 1.165) is 5.56 Å². The Bertz CT molecular complexity index is 848. The maximum absolute atomic E-state index is 9.40. The molecule has 5 nitrogen and oxygen atoms in total. The molecule has 2 aromatic heterocycles. The number of benzene rings is 1. The van der Waals surface area contributed by atoms with Crippen molar-refractivity contribution in [3.8, 4) is 6.07 Å². The minimum absolute atomic E-state index is 0.0134. The highest BCUT2D eigenvalue weighted by molar-refractivity contribution is 9.10. The summed E-state index contributed by atoms with van der Waals surface area (Å²) in [6.45, 7) is 2.05. The van der Waals surface area contributed by atoms with E-state index in [0.29, 0.717) is 27.0 Å². The summed E-state index contributed by atoms with van der Waals surface area (Å²) in [7, 11) is 0. The zero-order valence-corrected chi connectivity index (χ0v) is 12.9. The fourth-order valence-corrected chi connectivity index (χ4v) is 3.23. The summed E-state index contributed by atoms with van der Waals surface area (Å²) in [5, 5.41) is 9.99. The van der Waals surface area contributed by atoms with Gasteiger partial charge in [-0.3, -0.25) is 0 Å². The van der Waals surface area contributed by atoms with E-state index in [1.807, 2.05) is 34.9 Å². The van der Waals surface area contributed by atoms with Crippen LogP contribution in [0, 0.1) is 11.3 Å².